The predicted molar refractivity (Wildman–Crippen MR) is 185 cm³/mol. The second kappa shape index (κ2) is 15.4. The molecule has 0 aliphatic carbocycles. The van der Waals surface area contributed by atoms with Crippen LogP contribution in [0.25, 0.3) is 10.8 Å². The molecule has 2 aromatic heterocycles. The van der Waals surface area contributed by atoms with Gasteiger partial charge in [0.2, 0.25) is 0 Å². The van der Waals surface area contributed by atoms with E-state index in [0.717, 1.165) is 21.9 Å². The highest BCUT2D eigenvalue weighted by atomic mass is 35.5. The first-order valence-electron chi connectivity index (χ1n) is 15.3. The van der Waals surface area contributed by atoms with Crippen molar-refractivity contribution in [1.29, 1.82) is 0 Å². The standard InChI is InChI=1S/C20H14ClFN2O2.C17H14ClFN2O3/c21-17-9-4-10-18(22)16(17)11-19-23-26-20(25)24(19)12-14-7-3-6-13-5-1-2-8-15(13)14;1-23-15-8-3-2-5-11(15)10-21-16(20-24-17(21)22)9-12-13(18)6-4-7-14(12)19/h1-10H,11-12H2;2-8H,9-10H2,1H3. The fraction of sp³-hybridized carbons (Fsp3) is 0.135. The summed E-state index contributed by atoms with van der Waals surface area (Å²) in [6.45, 7) is 0.485. The fourth-order valence-electron chi connectivity index (χ4n) is 5.48. The molecule has 0 saturated carbocycles. The van der Waals surface area contributed by atoms with Gasteiger partial charge in [-0.3, -0.25) is 18.2 Å². The molecule has 5 aromatic carbocycles. The Bertz CT molecular complexity index is 2360. The van der Waals surface area contributed by atoms with E-state index in [-0.39, 0.29) is 52.9 Å². The van der Waals surface area contributed by atoms with Crippen LogP contribution in [0, 0.1) is 11.6 Å². The van der Waals surface area contributed by atoms with E-state index in [1.807, 2.05) is 60.7 Å². The molecule has 0 aliphatic rings. The highest BCUT2D eigenvalue weighted by Gasteiger charge is 2.18. The Kier molecular flexibility index (Phi) is 10.5. The lowest BCUT2D eigenvalue weighted by molar-refractivity contribution is 0.373. The lowest BCUT2D eigenvalue weighted by Gasteiger charge is -2.10. The van der Waals surface area contributed by atoms with Gasteiger partial charge in [-0.15, -0.1) is 0 Å². The van der Waals surface area contributed by atoms with Crippen molar-refractivity contribution in [2.24, 2.45) is 0 Å². The largest absolute Gasteiger partial charge is 0.496 e. The number of nitrogens with zero attached hydrogens (tertiary/aromatic N) is 4. The minimum absolute atomic E-state index is 0.0480. The summed E-state index contributed by atoms with van der Waals surface area (Å²) < 4.78 is 45.6. The van der Waals surface area contributed by atoms with Crippen molar-refractivity contribution in [3.63, 3.8) is 0 Å². The average molecular weight is 718 g/mol. The number of ether oxygens (including phenoxy) is 1. The van der Waals surface area contributed by atoms with E-state index in [1.54, 1.807) is 25.3 Å². The summed E-state index contributed by atoms with van der Waals surface area (Å²) in [6.07, 6.45) is 0.119. The van der Waals surface area contributed by atoms with Crippen LogP contribution in [0.5, 0.6) is 5.75 Å². The smallest absolute Gasteiger partial charge is 0.441 e. The van der Waals surface area contributed by atoms with Crippen molar-refractivity contribution >= 4 is 34.0 Å². The van der Waals surface area contributed by atoms with Crippen LogP contribution in [0.3, 0.4) is 0 Å². The third kappa shape index (κ3) is 7.54. The molecule has 0 aliphatic heterocycles. The van der Waals surface area contributed by atoms with Crippen LogP contribution in [0.4, 0.5) is 8.78 Å². The maximum atomic E-state index is 14.1. The number of aromatic nitrogens is 4. The highest BCUT2D eigenvalue weighted by Crippen LogP contribution is 2.25. The molecule has 9 nitrogen and oxygen atoms in total. The SMILES string of the molecule is COc1ccccc1Cn1c(Cc2c(F)cccc2Cl)noc1=O.O=c1onc(Cc2c(F)cccc2Cl)n1Cc1cccc2ccccc12. The number of halogens is 4. The molecule has 0 fully saturated rings. The van der Waals surface area contributed by atoms with E-state index in [4.69, 9.17) is 37.0 Å². The Morgan fingerprint density at radius 1 is 0.640 bits per heavy atom. The van der Waals surface area contributed by atoms with Gasteiger partial charge in [-0.05, 0) is 46.7 Å². The quantitative estimate of drug-likeness (QED) is 0.151. The minimum atomic E-state index is -0.622. The van der Waals surface area contributed by atoms with Crippen molar-refractivity contribution in [1.82, 2.24) is 19.4 Å². The van der Waals surface area contributed by atoms with Gasteiger partial charge in [-0.2, -0.15) is 0 Å². The normalized spacial score (nSPS) is 11.0. The van der Waals surface area contributed by atoms with E-state index in [9.17, 15) is 18.4 Å². The molecule has 0 unspecified atom stereocenters. The van der Waals surface area contributed by atoms with Crippen molar-refractivity contribution in [2.75, 3.05) is 7.11 Å². The summed E-state index contributed by atoms with van der Waals surface area (Å²) in [5, 5.41) is 10.3. The molecule has 7 rings (SSSR count). The molecular weight excluding hydrogens is 689 g/mol. The molecular formula is C37H28Cl2F2N4O5. The molecule has 0 atom stereocenters. The van der Waals surface area contributed by atoms with Crippen LogP contribution < -0.4 is 16.2 Å². The van der Waals surface area contributed by atoms with E-state index in [2.05, 4.69) is 10.3 Å². The average Bonchev–Trinajstić information content (AvgIpc) is 3.65. The van der Waals surface area contributed by atoms with Crippen LogP contribution >= 0.6 is 23.2 Å². The second-order valence-electron chi connectivity index (χ2n) is 11.1. The lowest BCUT2D eigenvalue weighted by atomic mass is 10.0. The Morgan fingerprint density at radius 2 is 1.12 bits per heavy atom. The van der Waals surface area contributed by atoms with Gasteiger partial charge in [0, 0.05) is 39.6 Å². The molecule has 0 bridgehead atoms. The van der Waals surface area contributed by atoms with Crippen LogP contribution in [0.2, 0.25) is 10.0 Å². The Morgan fingerprint density at radius 3 is 1.70 bits per heavy atom. The van der Waals surface area contributed by atoms with Crippen LogP contribution in [-0.2, 0) is 25.9 Å². The highest BCUT2D eigenvalue weighted by molar-refractivity contribution is 6.31. The summed E-state index contributed by atoms with van der Waals surface area (Å²) in [5.74, 6) is -0.844. The Labute approximate surface area is 293 Å². The number of para-hydroxylation sites is 1. The number of methoxy groups -OCH3 is 1. The van der Waals surface area contributed by atoms with Crippen molar-refractivity contribution in [3.8, 4) is 5.75 Å². The van der Waals surface area contributed by atoms with Gasteiger partial charge in [0.1, 0.15) is 17.4 Å². The molecule has 0 spiro atoms. The number of hydrogen-bond acceptors (Lipinski definition) is 7. The van der Waals surface area contributed by atoms with E-state index < -0.39 is 23.1 Å². The Hall–Kier alpha value is -5.52. The summed E-state index contributed by atoms with van der Waals surface area (Å²) >= 11 is 12.1. The fourth-order valence-corrected chi connectivity index (χ4v) is 5.94. The summed E-state index contributed by atoms with van der Waals surface area (Å²) in [6, 6.07) is 30.0. The molecule has 13 heteroatoms. The first-order chi connectivity index (χ1) is 24.2. The van der Waals surface area contributed by atoms with Crippen molar-refractivity contribution in [2.45, 2.75) is 25.9 Å². The number of fused-ring (bicyclic) bond motifs is 1. The Balaban J connectivity index is 0.000000174. The topological polar surface area (TPSA) is 105 Å². The number of rotatable bonds is 9. The van der Waals surface area contributed by atoms with Gasteiger partial charge in [-0.25, -0.2) is 18.4 Å². The van der Waals surface area contributed by atoms with Crippen LogP contribution in [0.15, 0.2) is 122 Å². The van der Waals surface area contributed by atoms with Crippen LogP contribution in [-0.4, -0.2) is 26.6 Å². The van der Waals surface area contributed by atoms with Gasteiger partial charge in [0.05, 0.1) is 20.2 Å². The monoisotopic (exact) mass is 716 g/mol. The number of hydrogen-bond donors (Lipinski definition) is 0. The molecule has 0 saturated heterocycles. The van der Waals surface area contributed by atoms with Crippen molar-refractivity contribution in [3.05, 3.63) is 180 Å². The maximum absolute atomic E-state index is 14.1. The zero-order valence-electron chi connectivity index (χ0n) is 26.5. The molecule has 0 amide bonds. The van der Waals surface area contributed by atoms with Gasteiger partial charge >= 0.3 is 11.5 Å². The molecule has 0 N–H and O–H groups in total. The van der Waals surface area contributed by atoms with Gasteiger partial charge < -0.3 is 4.74 Å². The maximum Gasteiger partial charge on any atom is 0.441 e. The van der Waals surface area contributed by atoms with Gasteiger partial charge in [-0.1, -0.05) is 106 Å². The number of benzene rings is 5. The minimum Gasteiger partial charge on any atom is -0.496 e. The molecule has 7 aromatic rings. The van der Waals surface area contributed by atoms with Gasteiger partial charge in [0.25, 0.3) is 0 Å². The van der Waals surface area contributed by atoms with Crippen molar-refractivity contribution < 1.29 is 22.6 Å². The van der Waals surface area contributed by atoms with Crippen LogP contribution in [0.1, 0.15) is 33.9 Å². The summed E-state index contributed by atoms with van der Waals surface area (Å²) in [4.78, 5) is 24.1. The zero-order chi connectivity index (χ0) is 35.2. The summed E-state index contributed by atoms with van der Waals surface area (Å²) in [5.41, 5.74) is 2.29. The molecule has 254 valence electrons. The molecule has 50 heavy (non-hydrogen) atoms. The predicted octanol–water partition coefficient (Wildman–Crippen LogP) is 7.70. The van der Waals surface area contributed by atoms with E-state index >= 15 is 0 Å². The second-order valence-corrected chi connectivity index (χ2v) is 11.9. The third-order valence-electron chi connectivity index (χ3n) is 8.04. The van der Waals surface area contributed by atoms with Gasteiger partial charge in [0.15, 0.2) is 11.6 Å². The molecule has 0 radical (unpaired) electrons. The molecule has 2 heterocycles. The first kappa shape index (κ1) is 34.3. The third-order valence-corrected chi connectivity index (χ3v) is 8.75. The summed E-state index contributed by atoms with van der Waals surface area (Å²) in [7, 11) is 1.55. The van der Waals surface area contributed by atoms with E-state index in [0.29, 0.717) is 11.6 Å². The first-order valence-corrected chi connectivity index (χ1v) is 16.0. The zero-order valence-corrected chi connectivity index (χ0v) is 28.0. The van der Waals surface area contributed by atoms with E-state index in [1.165, 1.54) is 33.4 Å². The lowest BCUT2D eigenvalue weighted by Crippen LogP contribution is -2.18.